The van der Waals surface area contributed by atoms with Gasteiger partial charge in [-0.05, 0) is 44.2 Å². The monoisotopic (exact) mass is 379 g/mol. The van der Waals surface area contributed by atoms with Crippen LogP contribution in [0.3, 0.4) is 0 Å². The van der Waals surface area contributed by atoms with E-state index in [1.54, 1.807) is 6.07 Å². The Morgan fingerprint density at radius 1 is 1.25 bits per heavy atom. The SMILES string of the molecule is CCn1c(CCC(=O)NC(C)c2cc3ccc(F)cc3o2)nc2ccccc21. The summed E-state index contributed by atoms with van der Waals surface area (Å²) in [6.07, 6.45) is 0.898. The topological polar surface area (TPSA) is 60.1 Å². The van der Waals surface area contributed by atoms with Crippen molar-refractivity contribution >= 4 is 27.9 Å². The number of hydrogen-bond acceptors (Lipinski definition) is 3. The Hall–Kier alpha value is -3.15. The van der Waals surface area contributed by atoms with E-state index in [0.29, 0.717) is 24.2 Å². The molecule has 4 aromatic rings. The van der Waals surface area contributed by atoms with E-state index in [1.807, 2.05) is 37.3 Å². The number of amides is 1. The maximum Gasteiger partial charge on any atom is 0.221 e. The highest BCUT2D eigenvalue weighted by atomic mass is 19.1. The third kappa shape index (κ3) is 3.50. The number of halogens is 1. The number of imidazole rings is 1. The molecule has 0 radical (unpaired) electrons. The fourth-order valence-corrected chi connectivity index (χ4v) is 3.52. The zero-order chi connectivity index (χ0) is 19.7. The number of hydrogen-bond donors (Lipinski definition) is 1. The van der Waals surface area contributed by atoms with E-state index in [1.165, 1.54) is 12.1 Å². The number of para-hydroxylation sites is 2. The minimum atomic E-state index is -0.344. The van der Waals surface area contributed by atoms with Gasteiger partial charge in [0.05, 0.1) is 17.1 Å². The molecule has 5 nitrogen and oxygen atoms in total. The van der Waals surface area contributed by atoms with Crippen molar-refractivity contribution in [1.29, 1.82) is 0 Å². The Labute approximate surface area is 162 Å². The summed E-state index contributed by atoms with van der Waals surface area (Å²) >= 11 is 0. The number of aryl methyl sites for hydroxylation is 2. The van der Waals surface area contributed by atoms with Gasteiger partial charge in [-0.3, -0.25) is 4.79 Å². The van der Waals surface area contributed by atoms with Crippen molar-refractivity contribution in [3.05, 3.63) is 65.9 Å². The van der Waals surface area contributed by atoms with Crippen LogP contribution in [0.5, 0.6) is 0 Å². The van der Waals surface area contributed by atoms with E-state index in [2.05, 4.69) is 21.8 Å². The number of fused-ring (bicyclic) bond motifs is 2. The first-order valence-corrected chi connectivity index (χ1v) is 9.47. The predicted molar refractivity (Wildman–Crippen MR) is 106 cm³/mol. The highest BCUT2D eigenvalue weighted by Gasteiger charge is 2.16. The van der Waals surface area contributed by atoms with Crippen LogP contribution >= 0.6 is 0 Å². The minimum absolute atomic E-state index is 0.0751. The zero-order valence-corrected chi connectivity index (χ0v) is 15.9. The number of carbonyl (C=O) groups excluding carboxylic acids is 1. The first kappa shape index (κ1) is 18.2. The number of benzene rings is 2. The smallest absolute Gasteiger partial charge is 0.221 e. The lowest BCUT2D eigenvalue weighted by Gasteiger charge is -2.11. The molecule has 0 saturated heterocycles. The molecule has 1 amide bonds. The fraction of sp³-hybridized carbons (Fsp3) is 0.273. The Bertz CT molecular complexity index is 1150. The summed E-state index contributed by atoms with van der Waals surface area (Å²) in [6.45, 7) is 4.74. The van der Waals surface area contributed by atoms with Gasteiger partial charge in [-0.15, -0.1) is 0 Å². The Morgan fingerprint density at radius 3 is 2.89 bits per heavy atom. The van der Waals surface area contributed by atoms with Crippen molar-refractivity contribution < 1.29 is 13.6 Å². The van der Waals surface area contributed by atoms with Crippen LogP contribution in [-0.2, 0) is 17.8 Å². The first-order chi connectivity index (χ1) is 13.5. The molecule has 0 aliphatic carbocycles. The summed E-state index contributed by atoms with van der Waals surface area (Å²) in [5.74, 6) is 1.10. The molecule has 28 heavy (non-hydrogen) atoms. The largest absolute Gasteiger partial charge is 0.459 e. The van der Waals surface area contributed by atoms with Gasteiger partial charge < -0.3 is 14.3 Å². The Morgan fingerprint density at radius 2 is 2.07 bits per heavy atom. The normalized spacial score (nSPS) is 12.5. The van der Waals surface area contributed by atoms with Gasteiger partial charge in [0.25, 0.3) is 0 Å². The van der Waals surface area contributed by atoms with Crippen molar-refractivity contribution in [2.24, 2.45) is 0 Å². The summed E-state index contributed by atoms with van der Waals surface area (Å²) in [7, 11) is 0. The molecule has 4 rings (SSSR count). The van der Waals surface area contributed by atoms with Gasteiger partial charge in [-0.25, -0.2) is 9.37 Å². The average molecular weight is 379 g/mol. The van der Waals surface area contributed by atoms with Crippen LogP contribution in [0.4, 0.5) is 4.39 Å². The summed E-state index contributed by atoms with van der Waals surface area (Å²) < 4.78 is 21.1. The summed E-state index contributed by atoms with van der Waals surface area (Å²) in [6, 6.07) is 13.9. The van der Waals surface area contributed by atoms with E-state index in [-0.39, 0.29) is 17.8 Å². The summed E-state index contributed by atoms with van der Waals surface area (Å²) in [5.41, 5.74) is 2.51. The maximum atomic E-state index is 13.3. The molecule has 0 aliphatic heterocycles. The molecule has 0 aliphatic rings. The lowest BCUT2D eigenvalue weighted by Crippen LogP contribution is -2.26. The number of aromatic nitrogens is 2. The van der Waals surface area contributed by atoms with Crippen molar-refractivity contribution in [2.75, 3.05) is 0 Å². The highest BCUT2D eigenvalue weighted by Crippen LogP contribution is 2.24. The second-order valence-electron chi connectivity index (χ2n) is 6.88. The Balaban J connectivity index is 1.42. The molecule has 1 unspecified atom stereocenters. The lowest BCUT2D eigenvalue weighted by atomic mass is 10.2. The predicted octanol–water partition coefficient (Wildman–Crippen LogP) is 4.75. The van der Waals surface area contributed by atoms with Crippen molar-refractivity contribution in [1.82, 2.24) is 14.9 Å². The van der Waals surface area contributed by atoms with E-state index in [0.717, 1.165) is 28.8 Å². The molecular weight excluding hydrogens is 357 g/mol. The number of furan rings is 1. The molecule has 0 saturated carbocycles. The molecule has 1 atom stereocenters. The van der Waals surface area contributed by atoms with Crippen LogP contribution in [0, 0.1) is 5.82 Å². The van der Waals surface area contributed by atoms with E-state index >= 15 is 0 Å². The molecule has 0 fully saturated rings. The van der Waals surface area contributed by atoms with Crippen LogP contribution in [0.15, 0.2) is 52.9 Å². The van der Waals surface area contributed by atoms with E-state index in [4.69, 9.17) is 4.42 Å². The van der Waals surface area contributed by atoms with Crippen LogP contribution < -0.4 is 5.32 Å². The van der Waals surface area contributed by atoms with Gasteiger partial charge in [0, 0.05) is 30.8 Å². The fourth-order valence-electron chi connectivity index (χ4n) is 3.52. The number of carbonyl (C=O) groups is 1. The second kappa shape index (κ2) is 7.46. The van der Waals surface area contributed by atoms with Crippen molar-refractivity contribution in [2.45, 2.75) is 39.3 Å². The standard InChI is InChI=1S/C22H22FN3O2/c1-3-26-18-7-5-4-6-17(18)25-21(26)10-11-22(27)24-14(2)19-12-15-8-9-16(23)13-20(15)28-19/h4-9,12-14H,3,10-11H2,1-2H3,(H,24,27). The first-order valence-electron chi connectivity index (χ1n) is 9.47. The number of rotatable bonds is 6. The second-order valence-corrected chi connectivity index (χ2v) is 6.88. The van der Waals surface area contributed by atoms with Gasteiger partial charge >= 0.3 is 0 Å². The molecule has 0 bridgehead atoms. The van der Waals surface area contributed by atoms with Gasteiger partial charge in [-0.2, -0.15) is 0 Å². The van der Waals surface area contributed by atoms with Crippen LogP contribution in [0.1, 0.15) is 37.9 Å². The molecule has 1 N–H and O–H groups in total. The van der Waals surface area contributed by atoms with Crippen LogP contribution in [0.2, 0.25) is 0 Å². The lowest BCUT2D eigenvalue weighted by molar-refractivity contribution is -0.121. The highest BCUT2D eigenvalue weighted by molar-refractivity contribution is 5.80. The Kier molecular flexibility index (Phi) is 4.86. The maximum absolute atomic E-state index is 13.3. The van der Waals surface area contributed by atoms with Crippen LogP contribution in [-0.4, -0.2) is 15.5 Å². The van der Waals surface area contributed by atoms with Crippen LogP contribution in [0.25, 0.3) is 22.0 Å². The zero-order valence-electron chi connectivity index (χ0n) is 15.9. The molecular formula is C22H22FN3O2. The minimum Gasteiger partial charge on any atom is -0.459 e. The molecule has 2 aromatic carbocycles. The average Bonchev–Trinajstić information content (AvgIpc) is 3.26. The van der Waals surface area contributed by atoms with Gasteiger partial charge in [0.2, 0.25) is 5.91 Å². The van der Waals surface area contributed by atoms with Crippen molar-refractivity contribution in [3.8, 4) is 0 Å². The van der Waals surface area contributed by atoms with Gasteiger partial charge in [-0.1, -0.05) is 12.1 Å². The molecule has 144 valence electrons. The summed E-state index contributed by atoms with van der Waals surface area (Å²) in [5, 5.41) is 3.76. The van der Waals surface area contributed by atoms with Gasteiger partial charge in [0.1, 0.15) is 23.0 Å². The van der Waals surface area contributed by atoms with Gasteiger partial charge in [0.15, 0.2) is 0 Å². The summed E-state index contributed by atoms with van der Waals surface area (Å²) in [4.78, 5) is 17.1. The number of nitrogens with one attached hydrogen (secondary N) is 1. The van der Waals surface area contributed by atoms with Crippen molar-refractivity contribution in [3.63, 3.8) is 0 Å². The molecule has 6 heteroatoms. The number of nitrogens with zero attached hydrogens (tertiary/aromatic N) is 2. The quantitative estimate of drug-likeness (QED) is 0.526. The van der Waals surface area contributed by atoms with E-state index in [9.17, 15) is 9.18 Å². The molecule has 0 spiro atoms. The molecule has 2 aromatic heterocycles. The third-order valence-electron chi connectivity index (χ3n) is 4.93. The van der Waals surface area contributed by atoms with E-state index < -0.39 is 0 Å². The molecule has 2 heterocycles. The third-order valence-corrected chi connectivity index (χ3v) is 4.93.